The standard InChI is InChI=1S/C8H9N5O/c1-2-3-9-6-7(14)12-8-10-4-5-11-13-8/h1,4-5,9H,3,6H2,(H,10,12,13,14). The average molecular weight is 191 g/mol. The Hall–Kier alpha value is -2.00. The van der Waals surface area contributed by atoms with E-state index in [1.807, 2.05) is 0 Å². The highest BCUT2D eigenvalue weighted by atomic mass is 16.2. The van der Waals surface area contributed by atoms with Gasteiger partial charge in [0.15, 0.2) is 0 Å². The Bertz CT molecular complexity index is 331. The van der Waals surface area contributed by atoms with Gasteiger partial charge in [-0.1, -0.05) is 5.92 Å². The summed E-state index contributed by atoms with van der Waals surface area (Å²) in [5.74, 6) is 2.28. The van der Waals surface area contributed by atoms with Gasteiger partial charge in [-0.05, 0) is 0 Å². The number of amides is 1. The van der Waals surface area contributed by atoms with Crippen LogP contribution in [0.4, 0.5) is 5.95 Å². The van der Waals surface area contributed by atoms with Crippen molar-refractivity contribution in [2.75, 3.05) is 18.4 Å². The largest absolute Gasteiger partial charge is 0.298 e. The van der Waals surface area contributed by atoms with Crippen molar-refractivity contribution < 1.29 is 4.79 Å². The Morgan fingerprint density at radius 1 is 1.57 bits per heavy atom. The summed E-state index contributed by atoms with van der Waals surface area (Å²) in [6.45, 7) is 0.476. The number of rotatable bonds is 4. The van der Waals surface area contributed by atoms with Gasteiger partial charge in [-0.15, -0.1) is 11.5 Å². The molecule has 6 nitrogen and oxygen atoms in total. The number of hydrogen-bond donors (Lipinski definition) is 2. The van der Waals surface area contributed by atoms with E-state index in [9.17, 15) is 4.79 Å². The molecule has 0 radical (unpaired) electrons. The average Bonchev–Trinajstić information content (AvgIpc) is 2.20. The first-order valence-corrected chi connectivity index (χ1v) is 3.90. The van der Waals surface area contributed by atoms with Crippen molar-refractivity contribution in [2.24, 2.45) is 0 Å². The summed E-state index contributed by atoms with van der Waals surface area (Å²) in [5.41, 5.74) is 0. The van der Waals surface area contributed by atoms with Crippen LogP contribution in [0.5, 0.6) is 0 Å². The van der Waals surface area contributed by atoms with Crippen LogP contribution in [0.1, 0.15) is 0 Å². The lowest BCUT2D eigenvalue weighted by atomic mass is 10.5. The predicted octanol–water partition coefficient (Wildman–Crippen LogP) is -0.967. The maximum atomic E-state index is 11.1. The second-order valence-electron chi connectivity index (χ2n) is 2.32. The molecule has 2 N–H and O–H groups in total. The van der Waals surface area contributed by atoms with Crippen molar-refractivity contribution in [3.05, 3.63) is 12.4 Å². The van der Waals surface area contributed by atoms with E-state index in [4.69, 9.17) is 6.42 Å². The molecule has 1 aromatic heterocycles. The Labute approximate surface area is 81.1 Å². The van der Waals surface area contributed by atoms with Crippen molar-refractivity contribution in [3.8, 4) is 12.3 Å². The van der Waals surface area contributed by atoms with E-state index in [1.165, 1.54) is 12.4 Å². The van der Waals surface area contributed by atoms with Crippen molar-refractivity contribution in [1.82, 2.24) is 20.5 Å². The van der Waals surface area contributed by atoms with Crippen molar-refractivity contribution >= 4 is 11.9 Å². The first-order valence-electron chi connectivity index (χ1n) is 3.90. The highest BCUT2D eigenvalue weighted by Gasteiger charge is 2.02. The SMILES string of the molecule is C#CCNCC(=O)Nc1nccnn1. The molecule has 0 saturated carbocycles. The molecule has 0 fully saturated rings. The van der Waals surface area contributed by atoms with E-state index in [0.717, 1.165) is 0 Å². The van der Waals surface area contributed by atoms with E-state index in [2.05, 4.69) is 31.7 Å². The van der Waals surface area contributed by atoms with Crippen LogP contribution >= 0.6 is 0 Å². The number of nitrogens with zero attached hydrogens (tertiary/aromatic N) is 3. The summed E-state index contributed by atoms with van der Waals surface area (Å²) >= 11 is 0. The van der Waals surface area contributed by atoms with E-state index in [1.54, 1.807) is 0 Å². The zero-order chi connectivity index (χ0) is 10.2. The Kier molecular flexibility index (Phi) is 4.04. The fourth-order valence-electron chi connectivity index (χ4n) is 0.722. The minimum absolute atomic E-state index is 0.127. The fourth-order valence-corrected chi connectivity index (χ4v) is 0.722. The van der Waals surface area contributed by atoms with Gasteiger partial charge in [0.25, 0.3) is 0 Å². The second kappa shape index (κ2) is 5.61. The van der Waals surface area contributed by atoms with Crippen LogP contribution in [0.25, 0.3) is 0 Å². The molecule has 1 aromatic rings. The Morgan fingerprint density at radius 3 is 3.07 bits per heavy atom. The molecule has 0 aliphatic rings. The normalized spacial score (nSPS) is 9.07. The Balaban J connectivity index is 2.32. The number of aromatic nitrogens is 3. The molecule has 6 heteroatoms. The smallest absolute Gasteiger partial charge is 0.249 e. The second-order valence-corrected chi connectivity index (χ2v) is 2.32. The van der Waals surface area contributed by atoms with Crippen molar-refractivity contribution in [1.29, 1.82) is 0 Å². The van der Waals surface area contributed by atoms with E-state index < -0.39 is 0 Å². The number of hydrogen-bond acceptors (Lipinski definition) is 5. The first kappa shape index (κ1) is 10.1. The summed E-state index contributed by atoms with van der Waals surface area (Å²) in [7, 11) is 0. The molecule has 0 unspecified atom stereocenters. The topological polar surface area (TPSA) is 79.8 Å². The van der Waals surface area contributed by atoms with Crippen molar-refractivity contribution in [3.63, 3.8) is 0 Å². The fraction of sp³-hybridized carbons (Fsp3) is 0.250. The highest BCUT2D eigenvalue weighted by molar-refractivity contribution is 5.90. The molecule has 1 rings (SSSR count). The summed E-state index contributed by atoms with van der Waals surface area (Å²) in [6.07, 6.45) is 7.85. The molecule has 0 saturated heterocycles. The molecule has 0 spiro atoms. The third-order valence-corrected chi connectivity index (χ3v) is 1.25. The number of carbonyl (C=O) groups is 1. The van der Waals surface area contributed by atoms with Gasteiger partial charge in [0.05, 0.1) is 25.5 Å². The van der Waals surface area contributed by atoms with Crippen LogP contribution in [0.15, 0.2) is 12.4 Å². The summed E-state index contributed by atoms with van der Waals surface area (Å²) in [5, 5.41) is 12.3. The monoisotopic (exact) mass is 191 g/mol. The molecule has 0 aromatic carbocycles. The zero-order valence-electron chi connectivity index (χ0n) is 7.40. The lowest BCUT2D eigenvalue weighted by Crippen LogP contribution is -2.28. The van der Waals surface area contributed by atoms with Crippen LogP contribution in [-0.4, -0.2) is 34.2 Å². The van der Waals surface area contributed by atoms with Gasteiger partial charge in [-0.25, -0.2) is 4.98 Å². The molecular weight excluding hydrogens is 182 g/mol. The Morgan fingerprint density at radius 2 is 2.43 bits per heavy atom. The van der Waals surface area contributed by atoms with Gasteiger partial charge >= 0.3 is 0 Å². The van der Waals surface area contributed by atoms with E-state index in [-0.39, 0.29) is 18.4 Å². The van der Waals surface area contributed by atoms with Gasteiger partial charge in [-0.3, -0.25) is 15.4 Å². The number of carbonyl (C=O) groups excluding carboxylic acids is 1. The zero-order valence-corrected chi connectivity index (χ0v) is 7.40. The molecule has 1 amide bonds. The van der Waals surface area contributed by atoms with Gasteiger partial charge in [-0.2, -0.15) is 5.10 Å². The number of terminal acetylenes is 1. The molecule has 0 aliphatic heterocycles. The minimum atomic E-state index is -0.256. The quantitative estimate of drug-likeness (QED) is 0.473. The van der Waals surface area contributed by atoms with Crippen LogP contribution in [0.2, 0.25) is 0 Å². The molecular formula is C8H9N5O. The predicted molar refractivity (Wildman–Crippen MR) is 50.2 cm³/mol. The lowest BCUT2D eigenvalue weighted by Gasteiger charge is -2.01. The molecule has 14 heavy (non-hydrogen) atoms. The maximum Gasteiger partial charge on any atom is 0.249 e. The third kappa shape index (κ3) is 3.60. The van der Waals surface area contributed by atoms with E-state index in [0.29, 0.717) is 6.54 Å². The molecule has 72 valence electrons. The molecule has 0 atom stereocenters. The van der Waals surface area contributed by atoms with E-state index >= 15 is 0 Å². The van der Waals surface area contributed by atoms with Gasteiger partial charge in [0, 0.05) is 0 Å². The minimum Gasteiger partial charge on any atom is -0.298 e. The van der Waals surface area contributed by atoms with Gasteiger partial charge < -0.3 is 0 Å². The molecule has 0 aliphatic carbocycles. The third-order valence-electron chi connectivity index (χ3n) is 1.25. The van der Waals surface area contributed by atoms with Crippen molar-refractivity contribution in [2.45, 2.75) is 0 Å². The summed E-state index contributed by atoms with van der Waals surface area (Å²) in [4.78, 5) is 14.9. The van der Waals surface area contributed by atoms with Gasteiger partial charge in [0.2, 0.25) is 11.9 Å². The number of nitrogens with one attached hydrogen (secondary N) is 2. The van der Waals surface area contributed by atoms with Gasteiger partial charge in [0.1, 0.15) is 0 Å². The lowest BCUT2D eigenvalue weighted by molar-refractivity contribution is -0.115. The summed E-state index contributed by atoms with van der Waals surface area (Å²) in [6, 6.07) is 0. The first-order chi connectivity index (χ1) is 6.83. The van der Waals surface area contributed by atoms with Crippen LogP contribution < -0.4 is 10.6 Å². The number of anilines is 1. The van der Waals surface area contributed by atoms with Crippen LogP contribution in [0.3, 0.4) is 0 Å². The van der Waals surface area contributed by atoms with Crippen LogP contribution in [0, 0.1) is 12.3 Å². The maximum absolute atomic E-state index is 11.1. The summed E-state index contributed by atoms with van der Waals surface area (Å²) < 4.78 is 0. The highest BCUT2D eigenvalue weighted by Crippen LogP contribution is 1.89. The molecule has 1 heterocycles. The van der Waals surface area contributed by atoms with Crippen LogP contribution in [-0.2, 0) is 4.79 Å². The molecule has 0 bridgehead atoms.